The van der Waals surface area contributed by atoms with E-state index in [1.54, 1.807) is 13.0 Å². The third-order valence-electron chi connectivity index (χ3n) is 12.9. The molecule has 0 radical (unpaired) electrons. The Labute approximate surface area is 303 Å². The second kappa shape index (κ2) is 14.6. The first-order valence-electron chi connectivity index (χ1n) is 18.8. The van der Waals surface area contributed by atoms with E-state index < -0.39 is 21.2 Å². The SMILES string of the molecule is CCN(C)[C@H]1CO[C@H]([C@@H]2CCC[C@H](C)[C@@H](C)S(=O)(=O)NC(=O)c3ccc4c(c3)N(C[C@@H]3CC[C@H]32)C[C@@]2(CCCc3cc(Cl)ccc32)CO4)OC1. The Morgan fingerprint density at radius 1 is 1.02 bits per heavy atom. The molecule has 3 heterocycles. The van der Waals surface area contributed by atoms with E-state index in [1.165, 1.54) is 11.1 Å². The zero-order valence-corrected chi connectivity index (χ0v) is 31.6. The van der Waals surface area contributed by atoms with Crippen LogP contribution in [0.5, 0.6) is 5.75 Å². The number of nitrogens with zero attached hydrogens (tertiary/aromatic N) is 2. The van der Waals surface area contributed by atoms with E-state index in [2.05, 4.69) is 40.6 Å². The van der Waals surface area contributed by atoms with Gasteiger partial charge in [0.2, 0.25) is 10.0 Å². The molecule has 5 aliphatic rings. The largest absolute Gasteiger partial charge is 0.490 e. The van der Waals surface area contributed by atoms with E-state index in [1.807, 2.05) is 25.1 Å². The first-order chi connectivity index (χ1) is 24.0. The maximum atomic E-state index is 13.6. The summed E-state index contributed by atoms with van der Waals surface area (Å²) in [5, 5.41) is 0.0308. The number of hydrogen-bond donors (Lipinski definition) is 1. The Morgan fingerprint density at radius 3 is 2.56 bits per heavy atom. The third-order valence-corrected chi connectivity index (χ3v) is 15.0. The first kappa shape index (κ1) is 36.0. The van der Waals surface area contributed by atoms with Gasteiger partial charge in [0.05, 0.1) is 36.8 Å². The number of amides is 1. The van der Waals surface area contributed by atoms with Crippen molar-refractivity contribution in [2.75, 3.05) is 51.4 Å². The molecule has 9 nitrogen and oxygen atoms in total. The van der Waals surface area contributed by atoms with Crippen LogP contribution in [0, 0.1) is 23.7 Å². The van der Waals surface area contributed by atoms with Crippen molar-refractivity contribution in [1.82, 2.24) is 9.62 Å². The van der Waals surface area contributed by atoms with E-state index in [0.717, 1.165) is 87.5 Å². The molecule has 1 saturated heterocycles. The minimum Gasteiger partial charge on any atom is -0.490 e. The van der Waals surface area contributed by atoms with Gasteiger partial charge in [-0.3, -0.25) is 9.69 Å². The lowest BCUT2D eigenvalue weighted by atomic mass is 9.64. The van der Waals surface area contributed by atoms with Gasteiger partial charge in [-0.25, -0.2) is 13.1 Å². The minimum absolute atomic E-state index is 0.123. The number of sulfonamides is 1. The quantitative estimate of drug-likeness (QED) is 0.387. The molecule has 50 heavy (non-hydrogen) atoms. The second-order valence-electron chi connectivity index (χ2n) is 15.8. The van der Waals surface area contributed by atoms with E-state index >= 15 is 0 Å². The van der Waals surface area contributed by atoms with E-state index in [0.29, 0.717) is 37.2 Å². The van der Waals surface area contributed by atoms with Gasteiger partial charge < -0.3 is 19.1 Å². The second-order valence-corrected chi connectivity index (χ2v) is 18.3. The zero-order valence-electron chi connectivity index (χ0n) is 30.0. The number of hydrogen-bond acceptors (Lipinski definition) is 8. The first-order valence-corrected chi connectivity index (χ1v) is 20.7. The number of benzene rings is 2. The Bertz CT molecular complexity index is 1660. The Morgan fingerprint density at radius 2 is 1.82 bits per heavy atom. The maximum absolute atomic E-state index is 13.6. The van der Waals surface area contributed by atoms with Gasteiger partial charge in [-0.2, -0.15) is 0 Å². The lowest BCUT2D eigenvalue weighted by Crippen LogP contribution is -2.52. The van der Waals surface area contributed by atoms with Gasteiger partial charge in [0.1, 0.15) is 5.75 Å². The van der Waals surface area contributed by atoms with Gasteiger partial charge in [-0.15, -0.1) is 0 Å². The van der Waals surface area contributed by atoms with Gasteiger partial charge >= 0.3 is 0 Å². The van der Waals surface area contributed by atoms with Crippen LogP contribution in [0.15, 0.2) is 36.4 Å². The van der Waals surface area contributed by atoms with Crippen molar-refractivity contribution in [1.29, 1.82) is 0 Å². The van der Waals surface area contributed by atoms with Crippen LogP contribution in [0.4, 0.5) is 5.69 Å². The van der Waals surface area contributed by atoms with Crippen LogP contribution in [0.2, 0.25) is 5.02 Å². The number of aryl methyl sites for hydroxylation is 1. The fourth-order valence-electron chi connectivity index (χ4n) is 9.24. The van der Waals surface area contributed by atoms with Crippen molar-refractivity contribution in [2.24, 2.45) is 23.7 Å². The van der Waals surface area contributed by atoms with Gasteiger partial charge in [-0.05, 0) is 125 Å². The van der Waals surface area contributed by atoms with Crippen LogP contribution < -0.4 is 14.4 Å². The molecular weight excluding hydrogens is 674 g/mol. The predicted octanol–water partition coefficient (Wildman–Crippen LogP) is 6.42. The zero-order chi connectivity index (χ0) is 35.2. The molecule has 1 N–H and O–H groups in total. The predicted molar refractivity (Wildman–Crippen MR) is 197 cm³/mol. The third kappa shape index (κ3) is 7.04. The van der Waals surface area contributed by atoms with Crippen molar-refractivity contribution in [3.8, 4) is 5.75 Å². The van der Waals surface area contributed by atoms with Crippen molar-refractivity contribution in [2.45, 2.75) is 95.1 Å². The van der Waals surface area contributed by atoms with Crippen LogP contribution in [-0.4, -0.2) is 83.3 Å². The highest BCUT2D eigenvalue weighted by Crippen LogP contribution is 2.49. The van der Waals surface area contributed by atoms with Crippen LogP contribution in [0.25, 0.3) is 0 Å². The summed E-state index contributed by atoms with van der Waals surface area (Å²) in [7, 11) is -1.79. The highest BCUT2D eigenvalue weighted by atomic mass is 35.5. The molecule has 2 aromatic carbocycles. The molecule has 11 heteroatoms. The van der Waals surface area contributed by atoms with Crippen molar-refractivity contribution < 1.29 is 27.4 Å². The van der Waals surface area contributed by atoms with E-state index in [4.69, 9.17) is 25.8 Å². The topological polar surface area (TPSA) is 97.4 Å². The average molecular weight is 728 g/mol. The van der Waals surface area contributed by atoms with Crippen molar-refractivity contribution >= 4 is 33.2 Å². The number of nitrogens with one attached hydrogen (secondary N) is 1. The molecule has 2 fully saturated rings. The van der Waals surface area contributed by atoms with E-state index in [9.17, 15) is 13.2 Å². The fraction of sp³-hybridized carbons (Fsp3) is 0.667. The van der Waals surface area contributed by atoms with Crippen LogP contribution in [0.3, 0.4) is 0 Å². The lowest BCUT2D eigenvalue weighted by Gasteiger charge is -2.49. The molecule has 1 saturated carbocycles. The summed E-state index contributed by atoms with van der Waals surface area (Å²) < 4.78 is 49.2. The molecule has 7 rings (SSSR count). The molecule has 274 valence electrons. The van der Waals surface area contributed by atoms with Crippen molar-refractivity contribution in [3.63, 3.8) is 0 Å². The van der Waals surface area contributed by atoms with E-state index in [-0.39, 0.29) is 29.6 Å². The molecule has 2 aliphatic carbocycles. The van der Waals surface area contributed by atoms with Crippen LogP contribution >= 0.6 is 11.6 Å². The number of carbonyl (C=O) groups is 1. The summed E-state index contributed by atoms with van der Waals surface area (Å²) in [6, 6.07) is 11.9. The average Bonchev–Trinajstić information content (AvgIpc) is 3.25. The fourth-order valence-corrected chi connectivity index (χ4v) is 10.7. The smallest absolute Gasteiger partial charge is 0.264 e. The number of fused-ring (bicyclic) bond motifs is 4. The Hall–Kier alpha value is -2.37. The summed E-state index contributed by atoms with van der Waals surface area (Å²) in [4.78, 5) is 18.3. The number of ether oxygens (including phenoxy) is 3. The number of anilines is 1. The Balaban J connectivity index is 1.25. The van der Waals surface area contributed by atoms with Gasteiger partial charge in [-0.1, -0.05) is 37.9 Å². The van der Waals surface area contributed by atoms with Gasteiger partial charge in [0.25, 0.3) is 5.91 Å². The minimum atomic E-state index is -3.91. The monoisotopic (exact) mass is 727 g/mol. The molecule has 2 aromatic rings. The van der Waals surface area contributed by atoms with Crippen LogP contribution in [-0.2, 0) is 31.3 Å². The summed E-state index contributed by atoms with van der Waals surface area (Å²) in [6.45, 7) is 10.2. The molecule has 0 unspecified atom stereocenters. The normalized spacial score (nSPS) is 34.5. The summed E-state index contributed by atoms with van der Waals surface area (Å²) in [5.74, 6) is 1.05. The van der Waals surface area contributed by atoms with Crippen LogP contribution in [0.1, 0.15) is 87.2 Å². The highest BCUT2D eigenvalue weighted by Gasteiger charge is 2.47. The molecule has 1 spiro atoms. The summed E-state index contributed by atoms with van der Waals surface area (Å²) in [6.07, 6.45) is 7.50. The number of carbonyl (C=O) groups excluding carboxylic acids is 1. The molecule has 3 aliphatic heterocycles. The number of likely N-dealkylation sites (N-methyl/N-ethyl adjacent to an activating group) is 1. The Kier molecular flexibility index (Phi) is 10.5. The molecular formula is C39H54ClN3O6S. The lowest BCUT2D eigenvalue weighted by molar-refractivity contribution is -0.241. The highest BCUT2D eigenvalue weighted by molar-refractivity contribution is 7.90. The standard InChI is InChI=1S/C39H54ClN3O6S/c1-5-42(4)31-21-47-38(48-22-31)33-10-6-8-25(2)26(3)50(45,46)41-37(44)28-12-16-36-35(19-28)43(20-29-11-14-32(29)33)23-39(24-49-36)17-7-9-27-18-30(40)13-15-34(27)39/h12-13,15-16,18-19,25-26,29,31-33,38H,5-11,14,17,20-24H2,1-4H3,(H,41,44)/t25-,26+,29-,31-,32+,33+,38-,39-/m0/s1. The van der Waals surface area contributed by atoms with Gasteiger partial charge in [0.15, 0.2) is 6.29 Å². The number of rotatable bonds is 3. The maximum Gasteiger partial charge on any atom is 0.264 e. The molecule has 2 bridgehead atoms. The molecule has 1 amide bonds. The number of halogens is 1. The van der Waals surface area contributed by atoms with Crippen molar-refractivity contribution in [3.05, 3.63) is 58.1 Å². The summed E-state index contributed by atoms with van der Waals surface area (Å²) >= 11 is 6.48. The van der Waals surface area contributed by atoms with Gasteiger partial charge in [0, 0.05) is 35.0 Å². The molecule has 0 aromatic heterocycles. The summed E-state index contributed by atoms with van der Waals surface area (Å²) in [5.41, 5.74) is 3.49. The molecule has 6 atom stereocenters.